The second-order valence-corrected chi connectivity index (χ2v) is 9.41. The molecule has 0 fully saturated rings. The number of hydrogen-bond acceptors (Lipinski definition) is 6. The molecule has 0 amide bonds. The Kier molecular flexibility index (Phi) is 6.78. The zero-order valence-electron chi connectivity index (χ0n) is 18.9. The summed E-state index contributed by atoms with van der Waals surface area (Å²) in [6.07, 6.45) is 7.86. The van der Waals surface area contributed by atoms with Gasteiger partial charge in [-0.2, -0.15) is 10.2 Å². The normalized spacial score (nSPS) is 16.6. The number of aromatic nitrogens is 5. The van der Waals surface area contributed by atoms with Crippen LogP contribution in [-0.4, -0.2) is 25.0 Å². The maximum atomic E-state index is 13.7. The van der Waals surface area contributed by atoms with E-state index in [0.29, 0.717) is 18.0 Å². The van der Waals surface area contributed by atoms with Crippen LogP contribution in [0.1, 0.15) is 49.7 Å². The van der Waals surface area contributed by atoms with E-state index in [1.54, 1.807) is 24.2 Å². The molecule has 3 aromatic rings. The molecule has 0 aliphatic heterocycles. The van der Waals surface area contributed by atoms with Crippen molar-refractivity contribution in [3.63, 3.8) is 0 Å². The van der Waals surface area contributed by atoms with E-state index in [-0.39, 0.29) is 17.9 Å². The molecule has 0 saturated heterocycles. The molecule has 0 spiro atoms. The highest BCUT2D eigenvalue weighted by Crippen LogP contribution is 2.42. The minimum atomic E-state index is -0.484. The van der Waals surface area contributed by atoms with Gasteiger partial charge in [-0.15, -0.1) is 0 Å². The van der Waals surface area contributed by atoms with Crippen molar-refractivity contribution in [1.29, 1.82) is 0 Å². The number of nitrogens with two attached hydrogens (primary N) is 1. The van der Waals surface area contributed by atoms with Crippen molar-refractivity contribution in [2.24, 2.45) is 5.92 Å². The summed E-state index contributed by atoms with van der Waals surface area (Å²) in [5, 5.41) is 11.5. The molecule has 0 aromatic carbocycles. The van der Waals surface area contributed by atoms with Gasteiger partial charge in [0.15, 0.2) is 0 Å². The molecule has 0 saturated carbocycles. The fraction of sp³-hybridized carbons (Fsp3) is 0.333. The van der Waals surface area contributed by atoms with E-state index in [0.717, 1.165) is 45.5 Å². The quantitative estimate of drug-likeness (QED) is 0.561. The predicted octanol–water partition coefficient (Wildman–Crippen LogP) is 4.32. The lowest BCUT2D eigenvalue weighted by molar-refractivity contribution is 0.585. The van der Waals surface area contributed by atoms with Gasteiger partial charge in [0, 0.05) is 40.4 Å². The molecule has 7 nitrogen and oxygen atoms in total. The maximum Gasteiger partial charge on any atom is 0.270 e. The summed E-state index contributed by atoms with van der Waals surface area (Å²) in [5.74, 6) is -0.0692. The molecule has 3 aromatic heterocycles. The number of nitrogens with zero attached hydrogens (tertiary/aromatic N) is 4. The third-order valence-corrected chi connectivity index (χ3v) is 7.35. The van der Waals surface area contributed by atoms with Crippen LogP contribution in [0.3, 0.4) is 0 Å². The monoisotopic (exact) mass is 466 g/mol. The number of nitrogens with one attached hydrogen (secondary N) is 1. The van der Waals surface area contributed by atoms with Gasteiger partial charge < -0.3 is 5.73 Å². The lowest BCUT2D eigenvalue weighted by Crippen LogP contribution is -2.28. The number of pyridine rings is 1. The molecule has 1 unspecified atom stereocenters. The summed E-state index contributed by atoms with van der Waals surface area (Å²) in [7, 11) is 0. The van der Waals surface area contributed by atoms with E-state index >= 15 is 0 Å². The fourth-order valence-electron chi connectivity index (χ4n) is 3.93. The van der Waals surface area contributed by atoms with Gasteiger partial charge in [-0.3, -0.25) is 9.89 Å². The van der Waals surface area contributed by atoms with Crippen molar-refractivity contribution >= 4 is 22.5 Å². The van der Waals surface area contributed by atoms with Crippen LogP contribution < -0.4 is 11.3 Å². The largest absolute Gasteiger partial charge is 0.384 e. The highest BCUT2D eigenvalue weighted by atomic mass is 32.2. The Hall–Kier alpha value is -3.20. The number of halogens is 1. The van der Waals surface area contributed by atoms with E-state index in [4.69, 9.17) is 5.73 Å². The summed E-state index contributed by atoms with van der Waals surface area (Å²) >= 11 is 1.68. The lowest BCUT2D eigenvalue weighted by atomic mass is 9.98. The minimum absolute atomic E-state index is 0.0642. The molecule has 1 aliphatic carbocycles. The van der Waals surface area contributed by atoms with Gasteiger partial charge in [0.05, 0.1) is 18.4 Å². The van der Waals surface area contributed by atoms with Crippen molar-refractivity contribution in [3.05, 3.63) is 85.8 Å². The first-order chi connectivity index (χ1) is 15.9. The number of anilines is 1. The van der Waals surface area contributed by atoms with Gasteiger partial charge in [0.25, 0.3) is 5.56 Å². The van der Waals surface area contributed by atoms with Crippen molar-refractivity contribution in [3.8, 4) is 0 Å². The molecule has 33 heavy (non-hydrogen) atoms. The number of H-pyrrole nitrogens is 1. The number of rotatable bonds is 6. The number of nitrogen functional groups attached to an aromatic ring is 1. The van der Waals surface area contributed by atoms with E-state index in [1.165, 1.54) is 16.3 Å². The first-order valence-electron chi connectivity index (χ1n) is 10.9. The van der Waals surface area contributed by atoms with Gasteiger partial charge in [0.2, 0.25) is 0 Å². The third-order valence-electron chi connectivity index (χ3n) is 5.97. The van der Waals surface area contributed by atoms with Crippen molar-refractivity contribution < 1.29 is 4.39 Å². The molecule has 1 aliphatic rings. The van der Waals surface area contributed by atoms with Crippen LogP contribution in [0.4, 0.5) is 10.2 Å². The summed E-state index contributed by atoms with van der Waals surface area (Å²) in [6, 6.07) is 4.39. The van der Waals surface area contributed by atoms with Crippen LogP contribution in [0, 0.1) is 11.7 Å². The van der Waals surface area contributed by atoms with Crippen molar-refractivity contribution in [2.75, 3.05) is 5.73 Å². The molecule has 9 heteroatoms. The Balaban J connectivity index is 1.70. The molecule has 0 bridgehead atoms. The SMILES string of the molecule is C/C=C(\Cc1ccn[nH]1)SC1=C(C)C(C)CCc2c1cnn(Cc1cc(F)cc(N)n1)c2=O. The van der Waals surface area contributed by atoms with E-state index < -0.39 is 5.82 Å². The highest BCUT2D eigenvalue weighted by molar-refractivity contribution is 8.11. The standard InChI is InChI=1S/C24H27FN6OS/c1-4-19(11-17-7-8-27-30-17)33-23-15(3)14(2)5-6-20-21(23)12-28-31(24(20)32)13-18-9-16(25)10-22(26)29-18/h4,7-10,12,14H,5-6,11,13H2,1-3H3,(H2,26,29)(H,27,30)/b19-4+. The van der Waals surface area contributed by atoms with Crippen LogP contribution in [0.15, 0.2) is 51.9 Å². The van der Waals surface area contributed by atoms with Gasteiger partial charge >= 0.3 is 0 Å². The van der Waals surface area contributed by atoms with Crippen LogP contribution in [0.5, 0.6) is 0 Å². The third kappa shape index (κ3) is 5.08. The number of aromatic amines is 1. The van der Waals surface area contributed by atoms with Crippen LogP contribution in [-0.2, 0) is 19.4 Å². The first kappa shape index (κ1) is 23.0. The number of fused-ring (bicyclic) bond motifs is 1. The molecule has 0 radical (unpaired) electrons. The zero-order chi connectivity index (χ0) is 23.5. The van der Waals surface area contributed by atoms with E-state index in [2.05, 4.69) is 40.2 Å². The van der Waals surface area contributed by atoms with Gasteiger partial charge in [-0.1, -0.05) is 30.3 Å². The second kappa shape index (κ2) is 9.74. The number of thioether (sulfide) groups is 1. The first-order valence-corrected chi connectivity index (χ1v) is 11.7. The summed E-state index contributed by atoms with van der Waals surface area (Å²) in [5.41, 5.74) is 9.74. The second-order valence-electron chi connectivity index (χ2n) is 8.27. The Labute approximate surface area is 196 Å². The van der Waals surface area contributed by atoms with Crippen molar-refractivity contribution in [1.82, 2.24) is 25.0 Å². The topological polar surface area (TPSA) is 102 Å². The summed E-state index contributed by atoms with van der Waals surface area (Å²) in [4.78, 5) is 19.8. The molecule has 3 heterocycles. The Morgan fingerprint density at radius 2 is 2.24 bits per heavy atom. The van der Waals surface area contributed by atoms with Gasteiger partial charge in [0.1, 0.15) is 11.6 Å². The Morgan fingerprint density at radius 3 is 2.94 bits per heavy atom. The van der Waals surface area contributed by atoms with Crippen LogP contribution in [0.2, 0.25) is 0 Å². The minimum Gasteiger partial charge on any atom is -0.384 e. The summed E-state index contributed by atoms with van der Waals surface area (Å²) in [6.45, 7) is 6.41. The van der Waals surface area contributed by atoms with Crippen LogP contribution >= 0.6 is 11.8 Å². The predicted molar refractivity (Wildman–Crippen MR) is 130 cm³/mol. The molecule has 172 valence electrons. The highest BCUT2D eigenvalue weighted by Gasteiger charge is 2.24. The Bertz CT molecular complexity index is 1260. The average molecular weight is 467 g/mol. The Morgan fingerprint density at radius 1 is 1.42 bits per heavy atom. The van der Waals surface area contributed by atoms with Crippen molar-refractivity contribution in [2.45, 2.75) is 46.6 Å². The molecular weight excluding hydrogens is 439 g/mol. The van der Waals surface area contributed by atoms with Gasteiger partial charge in [-0.25, -0.2) is 14.1 Å². The smallest absolute Gasteiger partial charge is 0.270 e. The fourth-order valence-corrected chi connectivity index (χ4v) is 5.19. The molecular formula is C24H27FN6OS. The molecule has 4 rings (SSSR count). The number of allylic oxidation sites excluding steroid dienone is 3. The summed E-state index contributed by atoms with van der Waals surface area (Å²) < 4.78 is 15.1. The maximum absolute atomic E-state index is 13.7. The molecule has 1 atom stereocenters. The number of hydrogen-bond donors (Lipinski definition) is 2. The van der Waals surface area contributed by atoms with Crippen LogP contribution in [0.25, 0.3) is 4.91 Å². The molecule has 3 N–H and O–H groups in total. The van der Waals surface area contributed by atoms with E-state index in [9.17, 15) is 9.18 Å². The van der Waals surface area contributed by atoms with E-state index in [1.807, 2.05) is 13.0 Å². The van der Waals surface area contributed by atoms with Gasteiger partial charge in [-0.05, 0) is 49.6 Å². The zero-order valence-corrected chi connectivity index (χ0v) is 19.7. The average Bonchev–Trinajstić information content (AvgIpc) is 3.25. The lowest BCUT2D eigenvalue weighted by Gasteiger charge is -2.17.